The number of hydrogen-bond donors (Lipinski definition) is 1. The lowest BCUT2D eigenvalue weighted by Crippen LogP contribution is -2.51. The predicted octanol–water partition coefficient (Wildman–Crippen LogP) is 2.87. The second-order valence-electron chi connectivity index (χ2n) is 7.17. The van der Waals surface area contributed by atoms with Crippen molar-refractivity contribution in [2.24, 2.45) is 0 Å². The van der Waals surface area contributed by atoms with E-state index < -0.39 is 11.6 Å². The smallest absolute Gasteiger partial charge is 0.410 e. The van der Waals surface area contributed by atoms with Gasteiger partial charge in [0.2, 0.25) is 0 Å². The molecule has 140 valence electrons. The summed E-state index contributed by atoms with van der Waals surface area (Å²) in [6.45, 7) is 1.62. The maximum absolute atomic E-state index is 11.9. The third kappa shape index (κ3) is 3.20. The van der Waals surface area contributed by atoms with Gasteiger partial charge in [0.1, 0.15) is 17.0 Å². The summed E-state index contributed by atoms with van der Waals surface area (Å²) in [5.74, 6) is -0.592. The third-order valence-corrected chi connectivity index (χ3v) is 5.15. The molecule has 2 saturated heterocycles. The molecule has 1 unspecified atom stereocenters. The molecule has 2 fully saturated rings. The van der Waals surface area contributed by atoms with Crippen molar-refractivity contribution in [1.82, 2.24) is 9.88 Å². The number of amides is 1. The maximum Gasteiger partial charge on any atom is 0.410 e. The van der Waals surface area contributed by atoms with E-state index in [-0.39, 0.29) is 11.7 Å². The normalized spacial score (nSPS) is 22.2. The predicted molar refractivity (Wildman–Crippen MR) is 99.9 cm³/mol. The highest BCUT2D eigenvalue weighted by Crippen LogP contribution is 2.35. The van der Waals surface area contributed by atoms with E-state index in [0.717, 1.165) is 24.1 Å². The third-order valence-electron chi connectivity index (χ3n) is 5.15. The zero-order valence-corrected chi connectivity index (χ0v) is 15.1. The summed E-state index contributed by atoms with van der Waals surface area (Å²) in [4.78, 5) is 31.8. The molecule has 2 aromatic rings. The summed E-state index contributed by atoms with van der Waals surface area (Å²) in [5, 5.41) is 9.64. The van der Waals surface area contributed by atoms with Gasteiger partial charge in [-0.05, 0) is 25.0 Å². The number of hydrogen-bond acceptors (Lipinski definition) is 5. The van der Waals surface area contributed by atoms with E-state index in [9.17, 15) is 14.7 Å². The molecule has 1 N–H and O–H groups in total. The summed E-state index contributed by atoms with van der Waals surface area (Å²) in [6.07, 6.45) is 1.24. The number of benzene rings is 1. The molecular formula is C20H21N3O4. The van der Waals surface area contributed by atoms with Crippen molar-refractivity contribution in [3.63, 3.8) is 0 Å². The van der Waals surface area contributed by atoms with Crippen LogP contribution in [0.15, 0.2) is 42.5 Å². The van der Waals surface area contributed by atoms with Crippen molar-refractivity contribution < 1.29 is 19.4 Å². The van der Waals surface area contributed by atoms with E-state index in [2.05, 4.69) is 4.98 Å². The van der Waals surface area contributed by atoms with Gasteiger partial charge in [-0.25, -0.2) is 14.6 Å². The fourth-order valence-electron chi connectivity index (χ4n) is 3.91. The lowest BCUT2D eigenvalue weighted by atomic mass is 9.92. The molecule has 2 aliphatic heterocycles. The number of likely N-dealkylation sites (N-methyl/N-ethyl adjacent to an activating group) is 1. The molecule has 7 nitrogen and oxygen atoms in total. The van der Waals surface area contributed by atoms with Crippen LogP contribution in [0, 0.1) is 0 Å². The average molecular weight is 367 g/mol. The number of aromatic carboxylic acids is 1. The average Bonchev–Trinajstić information content (AvgIpc) is 2.94. The number of carbonyl (C=O) groups excluding carboxylic acids is 1. The number of rotatable bonds is 3. The minimum atomic E-state index is -1.02. The van der Waals surface area contributed by atoms with E-state index in [1.165, 1.54) is 0 Å². The maximum atomic E-state index is 11.9. The number of carboxylic acid groups (broad SMARTS) is 1. The molecule has 0 aliphatic carbocycles. The van der Waals surface area contributed by atoms with Crippen LogP contribution in [-0.4, -0.2) is 59.3 Å². The lowest BCUT2D eigenvalue weighted by Gasteiger charge is -2.39. The van der Waals surface area contributed by atoms with Crippen molar-refractivity contribution in [3.8, 4) is 11.3 Å². The summed E-state index contributed by atoms with van der Waals surface area (Å²) >= 11 is 0. The van der Waals surface area contributed by atoms with E-state index in [0.29, 0.717) is 25.5 Å². The summed E-state index contributed by atoms with van der Waals surface area (Å²) in [5.41, 5.74) is 1.19. The van der Waals surface area contributed by atoms with Crippen LogP contribution in [0.25, 0.3) is 11.3 Å². The Morgan fingerprint density at radius 3 is 2.63 bits per heavy atom. The van der Waals surface area contributed by atoms with Gasteiger partial charge in [0.25, 0.3) is 0 Å². The molecule has 1 aromatic heterocycles. The molecule has 1 spiro atoms. The van der Waals surface area contributed by atoms with Gasteiger partial charge < -0.3 is 19.6 Å². The molecule has 0 radical (unpaired) electrons. The highest BCUT2D eigenvalue weighted by molar-refractivity contribution is 5.94. The number of aromatic nitrogens is 1. The molecule has 2 aliphatic rings. The Labute approximate surface area is 157 Å². The Kier molecular flexibility index (Phi) is 4.22. The van der Waals surface area contributed by atoms with Gasteiger partial charge >= 0.3 is 12.1 Å². The highest BCUT2D eigenvalue weighted by atomic mass is 16.6. The summed E-state index contributed by atoms with van der Waals surface area (Å²) in [7, 11) is 1.72. The quantitative estimate of drug-likeness (QED) is 0.898. The van der Waals surface area contributed by atoms with Crippen molar-refractivity contribution in [2.45, 2.75) is 18.4 Å². The van der Waals surface area contributed by atoms with Crippen LogP contribution in [0.1, 0.15) is 23.2 Å². The summed E-state index contributed by atoms with van der Waals surface area (Å²) in [6, 6.07) is 13.0. The second kappa shape index (κ2) is 6.57. The Morgan fingerprint density at radius 1 is 1.19 bits per heavy atom. The summed E-state index contributed by atoms with van der Waals surface area (Å²) < 4.78 is 5.64. The van der Waals surface area contributed by atoms with Crippen LogP contribution in [-0.2, 0) is 4.74 Å². The number of carboxylic acids is 1. The fraction of sp³-hybridized carbons (Fsp3) is 0.350. The van der Waals surface area contributed by atoms with Crippen molar-refractivity contribution in [3.05, 3.63) is 48.0 Å². The second-order valence-corrected chi connectivity index (χ2v) is 7.17. The first kappa shape index (κ1) is 17.3. The van der Waals surface area contributed by atoms with Crippen molar-refractivity contribution in [2.75, 3.05) is 31.6 Å². The number of piperidine rings is 1. The molecular weight excluding hydrogens is 346 g/mol. The Hall–Kier alpha value is -3.09. The molecule has 0 bridgehead atoms. The van der Waals surface area contributed by atoms with Gasteiger partial charge in [-0.1, -0.05) is 30.3 Å². The minimum Gasteiger partial charge on any atom is -0.478 e. The van der Waals surface area contributed by atoms with E-state index in [4.69, 9.17) is 4.74 Å². The Morgan fingerprint density at radius 2 is 1.96 bits per heavy atom. The standard InChI is InChI=1S/C20H21N3O4/c1-22-12-20(27-19(22)26)10-5-11-23(13-20)17-15(18(24)25)8-9-16(21-17)14-6-3-2-4-7-14/h2-4,6-9H,5,10-13H2,1H3,(H,24,25). The minimum absolute atomic E-state index is 0.157. The van der Waals surface area contributed by atoms with Crippen LogP contribution in [0.4, 0.5) is 10.6 Å². The first-order chi connectivity index (χ1) is 13.0. The van der Waals surface area contributed by atoms with Crippen molar-refractivity contribution in [1.29, 1.82) is 0 Å². The van der Waals surface area contributed by atoms with Gasteiger partial charge in [0.05, 0.1) is 18.8 Å². The zero-order chi connectivity index (χ0) is 19.0. The Bertz CT molecular complexity index is 886. The molecule has 1 atom stereocenters. The van der Waals surface area contributed by atoms with Gasteiger partial charge in [-0.15, -0.1) is 0 Å². The first-order valence-corrected chi connectivity index (χ1v) is 8.96. The van der Waals surface area contributed by atoms with Gasteiger partial charge in [-0.2, -0.15) is 0 Å². The van der Waals surface area contributed by atoms with Gasteiger partial charge in [0.15, 0.2) is 0 Å². The molecule has 1 amide bonds. The van der Waals surface area contributed by atoms with E-state index in [1.54, 1.807) is 24.1 Å². The van der Waals surface area contributed by atoms with Crippen LogP contribution < -0.4 is 4.90 Å². The number of carbonyl (C=O) groups is 2. The van der Waals surface area contributed by atoms with Gasteiger partial charge in [-0.3, -0.25) is 0 Å². The number of ether oxygens (including phenoxy) is 1. The Balaban J connectivity index is 1.71. The van der Waals surface area contributed by atoms with Crippen LogP contribution >= 0.6 is 0 Å². The van der Waals surface area contributed by atoms with E-state index in [1.807, 2.05) is 35.2 Å². The number of nitrogens with zero attached hydrogens (tertiary/aromatic N) is 3. The fourth-order valence-corrected chi connectivity index (χ4v) is 3.91. The van der Waals surface area contributed by atoms with Crippen LogP contribution in [0.5, 0.6) is 0 Å². The monoisotopic (exact) mass is 367 g/mol. The zero-order valence-electron chi connectivity index (χ0n) is 15.1. The molecule has 27 heavy (non-hydrogen) atoms. The van der Waals surface area contributed by atoms with E-state index >= 15 is 0 Å². The molecule has 1 aromatic carbocycles. The molecule has 7 heteroatoms. The van der Waals surface area contributed by atoms with Gasteiger partial charge in [0, 0.05) is 19.2 Å². The molecule has 4 rings (SSSR count). The van der Waals surface area contributed by atoms with Crippen LogP contribution in [0.2, 0.25) is 0 Å². The number of anilines is 1. The van der Waals surface area contributed by atoms with Crippen molar-refractivity contribution >= 4 is 17.9 Å². The first-order valence-electron chi connectivity index (χ1n) is 8.96. The largest absolute Gasteiger partial charge is 0.478 e. The molecule has 0 saturated carbocycles. The topological polar surface area (TPSA) is 83.0 Å². The lowest BCUT2D eigenvalue weighted by molar-refractivity contribution is 0.0442. The highest BCUT2D eigenvalue weighted by Gasteiger charge is 2.47. The molecule has 3 heterocycles. The van der Waals surface area contributed by atoms with Crippen LogP contribution in [0.3, 0.4) is 0 Å². The number of pyridine rings is 1. The SMILES string of the molecule is CN1CC2(CCCN(c3nc(-c4ccccc4)ccc3C(=O)O)C2)OC1=O.